The lowest BCUT2D eigenvalue weighted by Gasteiger charge is -2.09. The zero-order valence-electron chi connectivity index (χ0n) is 10.7. The van der Waals surface area contributed by atoms with E-state index in [1.165, 1.54) is 0 Å². The number of rotatable bonds is 4. The highest BCUT2D eigenvalue weighted by Crippen LogP contribution is 2.26. The number of nitriles is 1. The third-order valence-corrected chi connectivity index (χ3v) is 2.75. The summed E-state index contributed by atoms with van der Waals surface area (Å²) in [4.78, 5) is 8.28. The van der Waals surface area contributed by atoms with Crippen LogP contribution in [-0.4, -0.2) is 17.1 Å². The molecule has 20 heavy (non-hydrogen) atoms. The normalized spacial score (nSPS) is 10.1. The lowest BCUT2D eigenvalue weighted by molar-refractivity contribution is 0.178. The van der Waals surface area contributed by atoms with Gasteiger partial charge >= 0.3 is 0 Å². The number of nitrogen functional groups attached to an aromatic ring is 1. The number of benzene rings is 1. The van der Waals surface area contributed by atoms with E-state index in [9.17, 15) is 0 Å². The molecule has 0 aliphatic carbocycles. The molecule has 0 aliphatic heterocycles. The quantitative estimate of drug-likeness (QED) is 0.897. The highest BCUT2D eigenvalue weighted by atomic mass is 35.5. The first-order valence-corrected chi connectivity index (χ1v) is 6.09. The molecule has 2 aromatic rings. The minimum Gasteiger partial charge on any atom is -0.384 e. The van der Waals surface area contributed by atoms with Gasteiger partial charge in [0, 0.05) is 13.2 Å². The van der Waals surface area contributed by atoms with E-state index in [0.29, 0.717) is 33.7 Å². The highest BCUT2D eigenvalue weighted by molar-refractivity contribution is 6.33. The Morgan fingerprint density at radius 3 is 2.90 bits per heavy atom. The van der Waals surface area contributed by atoms with Gasteiger partial charge in [-0.2, -0.15) is 5.26 Å². The van der Waals surface area contributed by atoms with Crippen LogP contribution in [0.25, 0.3) is 0 Å². The van der Waals surface area contributed by atoms with Crippen molar-refractivity contribution in [3.63, 3.8) is 0 Å². The molecule has 0 amide bonds. The first-order chi connectivity index (χ1) is 9.62. The summed E-state index contributed by atoms with van der Waals surface area (Å²) in [5.41, 5.74) is 6.78. The first-order valence-electron chi connectivity index (χ1n) is 5.71. The van der Waals surface area contributed by atoms with Gasteiger partial charge in [-0.25, -0.2) is 9.97 Å². The molecule has 0 fully saturated rings. The number of hydrogen-bond acceptors (Lipinski definition) is 6. The summed E-state index contributed by atoms with van der Waals surface area (Å²) < 4.78 is 4.97. The summed E-state index contributed by atoms with van der Waals surface area (Å²) in [6.45, 7) is 0.256. The van der Waals surface area contributed by atoms with Crippen molar-refractivity contribution in [2.24, 2.45) is 0 Å². The van der Waals surface area contributed by atoms with E-state index >= 15 is 0 Å². The molecule has 0 saturated carbocycles. The van der Waals surface area contributed by atoms with Crippen molar-refractivity contribution in [2.75, 3.05) is 18.2 Å². The maximum absolute atomic E-state index is 8.89. The fourth-order valence-corrected chi connectivity index (χ4v) is 1.77. The molecule has 1 heterocycles. The molecule has 1 aromatic heterocycles. The Labute approximate surface area is 121 Å². The Bertz CT molecular complexity index is 668. The van der Waals surface area contributed by atoms with Gasteiger partial charge in [0.2, 0.25) is 0 Å². The zero-order valence-corrected chi connectivity index (χ0v) is 11.5. The zero-order chi connectivity index (χ0) is 14.5. The fraction of sp³-hybridized carbons (Fsp3) is 0.154. The van der Waals surface area contributed by atoms with Gasteiger partial charge in [0.15, 0.2) is 5.82 Å². The molecule has 3 N–H and O–H groups in total. The minimum absolute atomic E-state index is 0.256. The van der Waals surface area contributed by atoms with Crippen LogP contribution in [0.2, 0.25) is 5.02 Å². The number of methoxy groups -OCH3 is 1. The number of aromatic nitrogens is 2. The number of ether oxygens (including phenoxy) is 1. The standard InChI is InChI=1S/C13H12ClN5O/c1-20-7-13-18-11(16)5-12(19-13)17-10-4-8(6-15)2-3-9(10)14/h2-5H,7H2,1H3,(H3,16,17,18,19). The maximum Gasteiger partial charge on any atom is 0.158 e. The van der Waals surface area contributed by atoms with Crippen molar-refractivity contribution in [3.05, 3.63) is 40.7 Å². The second kappa shape index (κ2) is 6.19. The maximum atomic E-state index is 8.89. The summed E-state index contributed by atoms with van der Waals surface area (Å²) >= 11 is 6.07. The van der Waals surface area contributed by atoms with Crippen LogP contribution in [-0.2, 0) is 11.3 Å². The van der Waals surface area contributed by atoms with E-state index in [4.69, 9.17) is 27.3 Å². The lowest BCUT2D eigenvalue weighted by Crippen LogP contribution is -2.04. The number of anilines is 3. The van der Waals surface area contributed by atoms with Crippen LogP contribution in [0.3, 0.4) is 0 Å². The third-order valence-electron chi connectivity index (χ3n) is 2.42. The lowest BCUT2D eigenvalue weighted by atomic mass is 10.2. The summed E-state index contributed by atoms with van der Waals surface area (Å²) in [7, 11) is 1.55. The number of nitrogens with one attached hydrogen (secondary N) is 1. The minimum atomic E-state index is 0.256. The predicted octanol–water partition coefficient (Wildman–Crippen LogP) is 2.47. The van der Waals surface area contributed by atoms with Gasteiger partial charge in [-0.1, -0.05) is 11.6 Å². The Morgan fingerprint density at radius 2 is 2.20 bits per heavy atom. The topological polar surface area (TPSA) is 96.9 Å². The molecule has 0 unspecified atom stereocenters. The van der Waals surface area contributed by atoms with Gasteiger partial charge in [-0.15, -0.1) is 0 Å². The Kier molecular flexibility index (Phi) is 4.35. The van der Waals surface area contributed by atoms with E-state index in [1.807, 2.05) is 6.07 Å². The molecule has 1 aromatic carbocycles. The third kappa shape index (κ3) is 3.35. The van der Waals surface area contributed by atoms with Crippen molar-refractivity contribution in [2.45, 2.75) is 6.61 Å². The average Bonchev–Trinajstić information content (AvgIpc) is 2.41. The number of nitrogens with zero attached hydrogens (tertiary/aromatic N) is 3. The second-order valence-corrected chi connectivity index (χ2v) is 4.37. The van der Waals surface area contributed by atoms with E-state index in [2.05, 4.69) is 15.3 Å². The largest absolute Gasteiger partial charge is 0.384 e. The highest BCUT2D eigenvalue weighted by Gasteiger charge is 2.06. The van der Waals surface area contributed by atoms with E-state index in [1.54, 1.807) is 31.4 Å². The van der Waals surface area contributed by atoms with Gasteiger partial charge in [-0.3, -0.25) is 0 Å². The molecule has 6 nitrogen and oxygen atoms in total. The molecule has 102 valence electrons. The van der Waals surface area contributed by atoms with Gasteiger partial charge in [-0.05, 0) is 18.2 Å². The van der Waals surface area contributed by atoms with Crippen molar-refractivity contribution < 1.29 is 4.74 Å². The van der Waals surface area contributed by atoms with Crippen molar-refractivity contribution in [1.29, 1.82) is 5.26 Å². The molecule has 0 aliphatic rings. The van der Waals surface area contributed by atoms with Gasteiger partial charge in [0.25, 0.3) is 0 Å². The van der Waals surface area contributed by atoms with Crippen molar-refractivity contribution in [1.82, 2.24) is 9.97 Å². The Hall–Kier alpha value is -2.36. The molecular formula is C13H12ClN5O. The monoisotopic (exact) mass is 289 g/mol. The molecule has 0 saturated heterocycles. The molecule has 7 heteroatoms. The van der Waals surface area contributed by atoms with Crippen LogP contribution in [0.4, 0.5) is 17.3 Å². The fourth-order valence-electron chi connectivity index (χ4n) is 1.60. The summed E-state index contributed by atoms with van der Waals surface area (Å²) in [5.74, 6) is 1.27. The SMILES string of the molecule is COCc1nc(N)cc(Nc2cc(C#N)ccc2Cl)n1. The summed E-state index contributed by atoms with van der Waals surface area (Å²) in [6, 6.07) is 8.54. The predicted molar refractivity (Wildman–Crippen MR) is 76.6 cm³/mol. The Morgan fingerprint density at radius 1 is 1.40 bits per heavy atom. The molecule has 0 spiro atoms. The van der Waals surface area contributed by atoms with Crippen molar-refractivity contribution >= 4 is 28.9 Å². The van der Waals surface area contributed by atoms with Crippen LogP contribution < -0.4 is 11.1 Å². The van der Waals surface area contributed by atoms with Crippen LogP contribution >= 0.6 is 11.6 Å². The van der Waals surface area contributed by atoms with E-state index < -0.39 is 0 Å². The molecule has 0 radical (unpaired) electrons. The first kappa shape index (κ1) is 14.1. The second-order valence-electron chi connectivity index (χ2n) is 3.96. The van der Waals surface area contributed by atoms with Crippen LogP contribution in [0.5, 0.6) is 0 Å². The molecular weight excluding hydrogens is 278 g/mol. The molecule has 0 bridgehead atoms. The Balaban J connectivity index is 2.32. The van der Waals surface area contributed by atoms with E-state index in [-0.39, 0.29) is 6.61 Å². The van der Waals surface area contributed by atoms with Gasteiger partial charge in [0.05, 0.1) is 22.3 Å². The van der Waals surface area contributed by atoms with Crippen molar-refractivity contribution in [3.8, 4) is 6.07 Å². The van der Waals surface area contributed by atoms with E-state index in [0.717, 1.165) is 0 Å². The van der Waals surface area contributed by atoms with Gasteiger partial charge < -0.3 is 15.8 Å². The number of nitrogens with two attached hydrogens (primary N) is 1. The summed E-state index contributed by atoms with van der Waals surface area (Å²) in [5, 5.41) is 12.4. The van der Waals surface area contributed by atoms with Crippen LogP contribution in [0.1, 0.15) is 11.4 Å². The number of hydrogen-bond donors (Lipinski definition) is 2. The smallest absolute Gasteiger partial charge is 0.158 e. The van der Waals surface area contributed by atoms with Crippen LogP contribution in [0, 0.1) is 11.3 Å². The molecule has 0 atom stereocenters. The van der Waals surface area contributed by atoms with Crippen LogP contribution in [0.15, 0.2) is 24.3 Å². The summed E-state index contributed by atoms with van der Waals surface area (Å²) in [6.07, 6.45) is 0. The average molecular weight is 290 g/mol. The van der Waals surface area contributed by atoms with Gasteiger partial charge in [0.1, 0.15) is 18.2 Å². The molecule has 2 rings (SSSR count). The number of halogens is 1.